The summed E-state index contributed by atoms with van der Waals surface area (Å²) >= 11 is 15.0. The summed E-state index contributed by atoms with van der Waals surface area (Å²) in [5, 5.41) is 9.25. The number of carboxylic acids is 1. The molecule has 14 heavy (non-hydrogen) atoms. The Labute approximate surface area is 99.3 Å². The third kappa shape index (κ3) is 2.74. The maximum Gasteiger partial charge on any atom is 0.328 e. The number of aliphatic carboxylic acids is 1. The number of benzene rings is 1. The molecule has 0 aliphatic rings. The highest BCUT2D eigenvalue weighted by Gasteiger charge is 2.06. The highest BCUT2D eigenvalue weighted by Crippen LogP contribution is 2.32. The van der Waals surface area contributed by atoms with E-state index >= 15 is 0 Å². The van der Waals surface area contributed by atoms with E-state index in [2.05, 4.69) is 15.9 Å². The first-order valence-electron chi connectivity index (χ1n) is 3.57. The highest BCUT2D eigenvalue weighted by atomic mass is 79.9. The molecule has 0 atom stereocenters. The zero-order valence-electron chi connectivity index (χ0n) is 6.80. The lowest BCUT2D eigenvalue weighted by atomic mass is 10.2. The summed E-state index contributed by atoms with van der Waals surface area (Å²) in [7, 11) is 0. The second kappa shape index (κ2) is 4.82. The molecule has 0 bridgehead atoms. The van der Waals surface area contributed by atoms with Crippen molar-refractivity contribution >= 4 is 51.2 Å². The van der Waals surface area contributed by atoms with Gasteiger partial charge >= 0.3 is 5.97 Å². The van der Waals surface area contributed by atoms with Gasteiger partial charge in [0.15, 0.2) is 0 Å². The first kappa shape index (κ1) is 11.6. The van der Waals surface area contributed by atoms with E-state index in [1.807, 2.05) is 0 Å². The lowest BCUT2D eigenvalue weighted by Crippen LogP contribution is -1.87. The van der Waals surface area contributed by atoms with Crippen molar-refractivity contribution < 1.29 is 9.90 Å². The summed E-state index contributed by atoms with van der Waals surface area (Å²) in [6.07, 6.45) is 2.34. The van der Waals surface area contributed by atoms with Gasteiger partial charge in [0, 0.05) is 21.1 Å². The van der Waals surface area contributed by atoms with Gasteiger partial charge in [-0.25, -0.2) is 4.79 Å². The van der Waals surface area contributed by atoms with Crippen molar-refractivity contribution in [1.82, 2.24) is 0 Å². The van der Waals surface area contributed by atoms with Gasteiger partial charge in [0.2, 0.25) is 0 Å². The average molecular weight is 296 g/mol. The molecule has 5 heteroatoms. The smallest absolute Gasteiger partial charge is 0.328 e. The molecule has 0 saturated heterocycles. The van der Waals surface area contributed by atoms with Gasteiger partial charge in [-0.2, -0.15) is 0 Å². The molecular formula is C9H5BrCl2O2. The average Bonchev–Trinajstić information content (AvgIpc) is 2.11. The normalized spacial score (nSPS) is 10.8. The van der Waals surface area contributed by atoms with Gasteiger partial charge in [0.1, 0.15) is 0 Å². The van der Waals surface area contributed by atoms with Gasteiger partial charge < -0.3 is 5.11 Å². The summed E-state index contributed by atoms with van der Waals surface area (Å²) in [6.45, 7) is 0. The molecule has 1 aromatic carbocycles. The standard InChI is InChI=1S/C9H5BrCl2O2/c10-6-2-3-7(11)5(9(6)12)1-4-8(13)14/h1-4H,(H,13,14)/b4-1+. The van der Waals surface area contributed by atoms with Crippen molar-refractivity contribution in [1.29, 1.82) is 0 Å². The minimum atomic E-state index is -1.04. The number of halogens is 3. The summed E-state index contributed by atoms with van der Waals surface area (Å²) in [4.78, 5) is 10.3. The molecule has 0 aromatic heterocycles. The minimum Gasteiger partial charge on any atom is -0.478 e. The third-order valence-corrected chi connectivity index (χ3v) is 3.10. The van der Waals surface area contributed by atoms with E-state index in [9.17, 15) is 4.79 Å². The Balaban J connectivity index is 3.19. The molecule has 0 aliphatic carbocycles. The van der Waals surface area contributed by atoms with Crippen LogP contribution in [0, 0.1) is 0 Å². The quantitative estimate of drug-likeness (QED) is 0.664. The predicted molar refractivity (Wildman–Crippen MR) is 60.8 cm³/mol. The Morgan fingerprint density at radius 2 is 2.07 bits per heavy atom. The van der Waals surface area contributed by atoms with Crippen molar-refractivity contribution in [2.75, 3.05) is 0 Å². The number of hydrogen-bond donors (Lipinski definition) is 1. The lowest BCUT2D eigenvalue weighted by molar-refractivity contribution is -0.131. The van der Waals surface area contributed by atoms with Crippen LogP contribution in [0.4, 0.5) is 0 Å². The van der Waals surface area contributed by atoms with Crippen molar-refractivity contribution in [3.05, 3.63) is 38.3 Å². The van der Waals surface area contributed by atoms with Gasteiger partial charge in [-0.3, -0.25) is 0 Å². The Kier molecular flexibility index (Phi) is 3.98. The van der Waals surface area contributed by atoms with Crippen molar-refractivity contribution in [3.8, 4) is 0 Å². The summed E-state index contributed by atoms with van der Waals surface area (Å²) in [6, 6.07) is 3.34. The fourth-order valence-corrected chi connectivity index (χ4v) is 1.69. The summed E-state index contributed by atoms with van der Waals surface area (Å²) in [5.41, 5.74) is 0.491. The predicted octanol–water partition coefficient (Wildman–Crippen LogP) is 3.85. The van der Waals surface area contributed by atoms with Gasteiger partial charge in [-0.15, -0.1) is 0 Å². The van der Waals surface area contributed by atoms with Crippen LogP contribution in [0.1, 0.15) is 5.56 Å². The van der Waals surface area contributed by atoms with Crippen LogP contribution in [0.2, 0.25) is 10.0 Å². The Hall–Kier alpha value is -0.510. The van der Waals surface area contributed by atoms with Crippen LogP contribution in [-0.4, -0.2) is 11.1 Å². The van der Waals surface area contributed by atoms with Gasteiger partial charge in [0.25, 0.3) is 0 Å². The van der Waals surface area contributed by atoms with Crippen LogP contribution in [0.5, 0.6) is 0 Å². The largest absolute Gasteiger partial charge is 0.478 e. The maximum atomic E-state index is 10.3. The Morgan fingerprint density at radius 1 is 1.43 bits per heavy atom. The fraction of sp³-hybridized carbons (Fsp3) is 0. The SMILES string of the molecule is O=C(O)/C=C/c1c(Cl)ccc(Br)c1Cl. The van der Waals surface area contributed by atoms with Gasteiger partial charge in [-0.1, -0.05) is 23.2 Å². The van der Waals surface area contributed by atoms with Crippen LogP contribution >= 0.6 is 39.1 Å². The molecular weight excluding hydrogens is 291 g/mol. The van der Waals surface area contributed by atoms with E-state index in [-0.39, 0.29) is 0 Å². The zero-order chi connectivity index (χ0) is 10.7. The molecule has 0 heterocycles. The minimum absolute atomic E-state index is 0.398. The molecule has 1 rings (SSSR count). The molecule has 0 unspecified atom stereocenters. The van der Waals surface area contributed by atoms with Gasteiger partial charge in [-0.05, 0) is 34.1 Å². The maximum absolute atomic E-state index is 10.3. The van der Waals surface area contributed by atoms with Crippen molar-refractivity contribution in [3.63, 3.8) is 0 Å². The van der Waals surface area contributed by atoms with Gasteiger partial charge in [0.05, 0.1) is 5.02 Å². The van der Waals surface area contributed by atoms with E-state index in [1.54, 1.807) is 12.1 Å². The highest BCUT2D eigenvalue weighted by molar-refractivity contribution is 9.10. The van der Waals surface area contributed by atoms with E-state index in [0.717, 1.165) is 6.08 Å². The van der Waals surface area contributed by atoms with E-state index in [4.69, 9.17) is 28.3 Å². The molecule has 0 aliphatic heterocycles. The number of rotatable bonds is 2. The van der Waals surface area contributed by atoms with E-state index in [1.165, 1.54) is 6.08 Å². The van der Waals surface area contributed by atoms with Crippen LogP contribution < -0.4 is 0 Å². The first-order valence-corrected chi connectivity index (χ1v) is 5.11. The zero-order valence-corrected chi connectivity index (χ0v) is 9.90. The number of carbonyl (C=O) groups is 1. The van der Waals surface area contributed by atoms with Crippen LogP contribution in [0.15, 0.2) is 22.7 Å². The van der Waals surface area contributed by atoms with Crippen LogP contribution in [0.25, 0.3) is 6.08 Å². The Bertz CT molecular complexity index is 402. The van der Waals surface area contributed by atoms with Crippen molar-refractivity contribution in [2.24, 2.45) is 0 Å². The third-order valence-electron chi connectivity index (χ3n) is 1.47. The molecule has 0 fully saturated rings. The molecule has 2 nitrogen and oxygen atoms in total. The summed E-state index contributed by atoms with van der Waals surface area (Å²) < 4.78 is 0.675. The molecule has 0 saturated carbocycles. The van der Waals surface area contributed by atoms with Crippen LogP contribution in [-0.2, 0) is 4.79 Å². The fourth-order valence-electron chi connectivity index (χ4n) is 0.850. The van der Waals surface area contributed by atoms with E-state index in [0.29, 0.717) is 20.1 Å². The molecule has 0 spiro atoms. The molecule has 0 amide bonds. The lowest BCUT2D eigenvalue weighted by Gasteiger charge is -2.02. The van der Waals surface area contributed by atoms with E-state index < -0.39 is 5.97 Å². The van der Waals surface area contributed by atoms with Crippen molar-refractivity contribution in [2.45, 2.75) is 0 Å². The molecule has 1 N–H and O–H groups in total. The van der Waals surface area contributed by atoms with Crippen LogP contribution in [0.3, 0.4) is 0 Å². The summed E-state index contributed by atoms with van der Waals surface area (Å²) in [5.74, 6) is -1.04. The topological polar surface area (TPSA) is 37.3 Å². The number of hydrogen-bond acceptors (Lipinski definition) is 1. The first-order chi connectivity index (χ1) is 6.52. The second-order valence-electron chi connectivity index (χ2n) is 2.43. The molecule has 1 aromatic rings. The monoisotopic (exact) mass is 294 g/mol. The second-order valence-corrected chi connectivity index (χ2v) is 4.07. The molecule has 74 valence electrons. The number of carboxylic acid groups (broad SMARTS) is 1. The molecule has 0 radical (unpaired) electrons. The Morgan fingerprint density at radius 3 is 2.64 bits per heavy atom.